The van der Waals surface area contributed by atoms with Crippen molar-refractivity contribution in [1.82, 2.24) is 9.55 Å². The molecule has 0 spiro atoms. The molecule has 1 aliphatic rings. The molecule has 1 aliphatic heterocycles. The average Bonchev–Trinajstić information content (AvgIpc) is 3.19. The van der Waals surface area contributed by atoms with Gasteiger partial charge in [0.2, 0.25) is 11.9 Å². The van der Waals surface area contributed by atoms with E-state index in [0.29, 0.717) is 23.2 Å². The van der Waals surface area contributed by atoms with E-state index in [1.165, 1.54) is 16.2 Å². The number of carbonyl (C=O) groups excluding carboxylic acids is 1. The molecule has 1 aromatic carbocycles. The molecule has 0 atom stereocenters. The topological polar surface area (TPSA) is 76.5 Å². The number of nitrogens with one attached hydrogen (secondary N) is 1. The molecule has 150 valence electrons. The number of rotatable bonds is 7. The zero-order chi connectivity index (χ0) is 20.1. The Labute approximate surface area is 165 Å². The van der Waals surface area contributed by atoms with E-state index in [9.17, 15) is 9.59 Å². The number of methoxy groups -OCH3 is 1. The third-order valence-corrected chi connectivity index (χ3v) is 4.89. The van der Waals surface area contributed by atoms with Gasteiger partial charge in [0.15, 0.2) is 0 Å². The monoisotopic (exact) mass is 384 g/mol. The summed E-state index contributed by atoms with van der Waals surface area (Å²) in [5, 5.41) is 2.87. The summed E-state index contributed by atoms with van der Waals surface area (Å²) in [7, 11) is 1.57. The lowest BCUT2D eigenvalue weighted by Crippen LogP contribution is -2.34. The van der Waals surface area contributed by atoms with E-state index in [2.05, 4.69) is 29.0 Å². The highest BCUT2D eigenvalue weighted by Crippen LogP contribution is 2.19. The number of amides is 1. The van der Waals surface area contributed by atoms with Crippen molar-refractivity contribution < 1.29 is 9.53 Å². The number of aromatic nitrogens is 2. The zero-order valence-corrected chi connectivity index (χ0v) is 16.8. The standard InChI is InChI=1S/C21H28N4O3/c1-15(2)16-6-8-17(9-7-16)22-19(26)13-25-20(27)12-18(14-28-3)23-21(25)24-10-4-5-11-24/h6-9,12,15H,4-5,10-11,13-14H2,1-3H3,(H,22,26). The second-order valence-electron chi connectivity index (χ2n) is 7.42. The molecule has 0 aliphatic carbocycles. The van der Waals surface area contributed by atoms with Gasteiger partial charge in [-0.25, -0.2) is 4.98 Å². The molecular formula is C21H28N4O3. The van der Waals surface area contributed by atoms with Crippen LogP contribution in [-0.2, 0) is 22.7 Å². The maximum Gasteiger partial charge on any atom is 0.255 e. The minimum atomic E-state index is -0.249. The fourth-order valence-electron chi connectivity index (χ4n) is 3.36. The molecule has 28 heavy (non-hydrogen) atoms. The SMILES string of the molecule is COCc1cc(=O)n(CC(=O)Nc2ccc(C(C)C)cc2)c(N2CCCC2)n1. The van der Waals surface area contributed by atoms with Gasteiger partial charge in [-0.1, -0.05) is 26.0 Å². The first kappa shape index (κ1) is 20.1. The average molecular weight is 384 g/mol. The van der Waals surface area contributed by atoms with E-state index in [1.807, 2.05) is 24.3 Å². The maximum absolute atomic E-state index is 12.7. The Morgan fingerprint density at radius 2 is 1.89 bits per heavy atom. The molecule has 1 fully saturated rings. The summed E-state index contributed by atoms with van der Waals surface area (Å²) in [4.78, 5) is 31.9. The number of hydrogen-bond donors (Lipinski definition) is 1. The number of ether oxygens (including phenoxy) is 1. The number of carbonyl (C=O) groups is 1. The van der Waals surface area contributed by atoms with E-state index in [-0.39, 0.29) is 24.6 Å². The fraction of sp³-hybridized carbons (Fsp3) is 0.476. The van der Waals surface area contributed by atoms with Crippen molar-refractivity contribution in [2.45, 2.75) is 45.8 Å². The van der Waals surface area contributed by atoms with Gasteiger partial charge < -0.3 is 15.0 Å². The second-order valence-corrected chi connectivity index (χ2v) is 7.42. The number of hydrogen-bond acceptors (Lipinski definition) is 5. The maximum atomic E-state index is 12.7. The highest BCUT2D eigenvalue weighted by molar-refractivity contribution is 5.90. The van der Waals surface area contributed by atoms with Crippen molar-refractivity contribution in [3.05, 3.63) is 51.9 Å². The van der Waals surface area contributed by atoms with Crippen LogP contribution in [0.4, 0.5) is 11.6 Å². The van der Waals surface area contributed by atoms with Crippen molar-refractivity contribution in [3.8, 4) is 0 Å². The summed E-state index contributed by atoms with van der Waals surface area (Å²) < 4.78 is 6.57. The smallest absolute Gasteiger partial charge is 0.255 e. The predicted molar refractivity (Wildman–Crippen MR) is 110 cm³/mol. The molecule has 0 saturated carbocycles. The van der Waals surface area contributed by atoms with Crippen LogP contribution < -0.4 is 15.8 Å². The molecule has 0 unspecified atom stereocenters. The Bertz CT molecular complexity index is 868. The van der Waals surface area contributed by atoms with Gasteiger partial charge in [0, 0.05) is 32.0 Å². The van der Waals surface area contributed by atoms with Crippen molar-refractivity contribution in [3.63, 3.8) is 0 Å². The lowest BCUT2D eigenvalue weighted by molar-refractivity contribution is -0.116. The Kier molecular flexibility index (Phi) is 6.46. The Hall–Kier alpha value is -2.67. The van der Waals surface area contributed by atoms with Gasteiger partial charge in [-0.15, -0.1) is 0 Å². The molecule has 7 heteroatoms. The highest BCUT2D eigenvalue weighted by Gasteiger charge is 2.20. The van der Waals surface area contributed by atoms with E-state index in [1.54, 1.807) is 7.11 Å². The third kappa shape index (κ3) is 4.78. The van der Waals surface area contributed by atoms with Gasteiger partial charge in [0.25, 0.3) is 5.56 Å². The van der Waals surface area contributed by atoms with E-state index in [4.69, 9.17) is 4.74 Å². The molecule has 1 saturated heterocycles. The van der Waals surface area contributed by atoms with Crippen LogP contribution in [0.2, 0.25) is 0 Å². The van der Waals surface area contributed by atoms with Crippen LogP contribution in [0, 0.1) is 0 Å². The van der Waals surface area contributed by atoms with Crippen molar-refractivity contribution >= 4 is 17.5 Å². The van der Waals surface area contributed by atoms with Gasteiger partial charge >= 0.3 is 0 Å². The van der Waals surface area contributed by atoms with Crippen LogP contribution in [0.1, 0.15) is 43.9 Å². The summed E-state index contributed by atoms with van der Waals surface area (Å²) in [6.45, 7) is 6.12. The number of benzene rings is 1. The lowest BCUT2D eigenvalue weighted by Gasteiger charge is -2.21. The number of anilines is 2. The molecule has 7 nitrogen and oxygen atoms in total. The van der Waals surface area contributed by atoms with Crippen LogP contribution in [0.15, 0.2) is 35.1 Å². The van der Waals surface area contributed by atoms with Crippen LogP contribution >= 0.6 is 0 Å². The molecule has 2 heterocycles. The first-order chi connectivity index (χ1) is 13.5. The third-order valence-electron chi connectivity index (χ3n) is 4.89. The van der Waals surface area contributed by atoms with Gasteiger partial charge in [-0.3, -0.25) is 14.2 Å². The lowest BCUT2D eigenvalue weighted by atomic mass is 10.0. The second kappa shape index (κ2) is 9.01. The molecule has 2 aromatic rings. The largest absolute Gasteiger partial charge is 0.378 e. The first-order valence-corrected chi connectivity index (χ1v) is 9.72. The Morgan fingerprint density at radius 3 is 2.50 bits per heavy atom. The predicted octanol–water partition coefficient (Wildman–Crippen LogP) is 2.75. The molecule has 0 bridgehead atoms. The van der Waals surface area contributed by atoms with Crippen LogP contribution in [0.25, 0.3) is 0 Å². The normalized spacial score (nSPS) is 13.9. The van der Waals surface area contributed by atoms with Gasteiger partial charge in [-0.2, -0.15) is 0 Å². The summed E-state index contributed by atoms with van der Waals surface area (Å²) in [6, 6.07) is 9.22. The molecular weight excluding hydrogens is 356 g/mol. The van der Waals surface area contributed by atoms with Gasteiger partial charge in [-0.05, 0) is 36.5 Å². The molecule has 1 N–H and O–H groups in total. The quantitative estimate of drug-likeness (QED) is 0.794. The van der Waals surface area contributed by atoms with E-state index in [0.717, 1.165) is 25.9 Å². The zero-order valence-electron chi connectivity index (χ0n) is 16.8. The highest BCUT2D eigenvalue weighted by atomic mass is 16.5. The molecule has 0 radical (unpaired) electrons. The molecule has 3 rings (SSSR count). The summed E-state index contributed by atoms with van der Waals surface area (Å²) in [5.41, 5.74) is 2.27. The molecule has 1 aromatic heterocycles. The first-order valence-electron chi connectivity index (χ1n) is 9.72. The summed E-state index contributed by atoms with van der Waals surface area (Å²) in [5.74, 6) is 0.728. The summed E-state index contributed by atoms with van der Waals surface area (Å²) in [6.07, 6.45) is 2.11. The van der Waals surface area contributed by atoms with Crippen LogP contribution in [0.3, 0.4) is 0 Å². The minimum absolute atomic E-state index is 0.0726. The fourth-order valence-corrected chi connectivity index (χ4v) is 3.36. The van der Waals surface area contributed by atoms with Gasteiger partial charge in [0.1, 0.15) is 6.54 Å². The summed E-state index contributed by atoms with van der Waals surface area (Å²) >= 11 is 0. The minimum Gasteiger partial charge on any atom is -0.378 e. The molecule has 1 amide bonds. The number of nitrogens with zero attached hydrogens (tertiary/aromatic N) is 3. The Morgan fingerprint density at radius 1 is 1.21 bits per heavy atom. The van der Waals surface area contributed by atoms with Crippen LogP contribution in [-0.4, -0.2) is 35.7 Å². The van der Waals surface area contributed by atoms with Crippen molar-refractivity contribution in [2.24, 2.45) is 0 Å². The van der Waals surface area contributed by atoms with Crippen molar-refractivity contribution in [1.29, 1.82) is 0 Å². The van der Waals surface area contributed by atoms with E-state index < -0.39 is 0 Å². The van der Waals surface area contributed by atoms with Crippen LogP contribution in [0.5, 0.6) is 0 Å². The van der Waals surface area contributed by atoms with Crippen molar-refractivity contribution in [2.75, 3.05) is 30.4 Å². The van der Waals surface area contributed by atoms with Gasteiger partial charge in [0.05, 0.1) is 12.3 Å². The van der Waals surface area contributed by atoms with E-state index >= 15 is 0 Å². The Balaban J connectivity index is 1.80.